The van der Waals surface area contributed by atoms with E-state index in [2.05, 4.69) is 5.32 Å². The molecule has 0 bridgehead atoms. The van der Waals surface area contributed by atoms with Gasteiger partial charge in [0.25, 0.3) is 5.91 Å². The summed E-state index contributed by atoms with van der Waals surface area (Å²) in [5.41, 5.74) is 4.84. The van der Waals surface area contributed by atoms with E-state index in [1.807, 2.05) is 0 Å². The van der Waals surface area contributed by atoms with Gasteiger partial charge in [0.1, 0.15) is 23.0 Å². The lowest BCUT2D eigenvalue weighted by Crippen LogP contribution is -2.44. The Morgan fingerprint density at radius 2 is 1.71 bits per heavy atom. The van der Waals surface area contributed by atoms with E-state index in [1.165, 1.54) is 0 Å². The van der Waals surface area contributed by atoms with Crippen molar-refractivity contribution < 1.29 is 18.0 Å². The minimum Gasteiger partial charge on any atom is -0.351 e. The van der Waals surface area contributed by atoms with Crippen molar-refractivity contribution >= 4 is 5.91 Å². The number of rotatable bonds is 4. The van der Waals surface area contributed by atoms with Crippen molar-refractivity contribution in [2.75, 3.05) is 13.1 Å². The Hall–Kier alpha value is -1.56. The molecule has 1 amide bonds. The Morgan fingerprint density at radius 1 is 1.14 bits per heavy atom. The molecule has 116 valence electrons. The van der Waals surface area contributed by atoms with Gasteiger partial charge in [0, 0.05) is 18.7 Å². The van der Waals surface area contributed by atoms with E-state index in [9.17, 15) is 18.0 Å². The van der Waals surface area contributed by atoms with Gasteiger partial charge in [-0.15, -0.1) is 0 Å². The van der Waals surface area contributed by atoms with E-state index in [-0.39, 0.29) is 12.0 Å². The van der Waals surface area contributed by atoms with Crippen LogP contribution in [0.4, 0.5) is 13.2 Å². The molecule has 1 saturated carbocycles. The summed E-state index contributed by atoms with van der Waals surface area (Å²) in [7, 11) is 0. The Kier molecular flexibility index (Phi) is 4.88. The van der Waals surface area contributed by atoms with E-state index < -0.39 is 28.9 Å². The van der Waals surface area contributed by atoms with Crippen molar-refractivity contribution in [3.05, 3.63) is 35.1 Å². The fourth-order valence-electron chi connectivity index (χ4n) is 2.87. The predicted molar refractivity (Wildman–Crippen MR) is 73.2 cm³/mol. The fourth-order valence-corrected chi connectivity index (χ4v) is 2.87. The summed E-state index contributed by atoms with van der Waals surface area (Å²) in [5, 5.41) is 2.54. The highest BCUT2D eigenvalue weighted by atomic mass is 19.1. The van der Waals surface area contributed by atoms with Gasteiger partial charge in [-0.1, -0.05) is 19.3 Å². The van der Waals surface area contributed by atoms with Crippen LogP contribution in [0.15, 0.2) is 12.1 Å². The molecule has 1 aliphatic rings. The van der Waals surface area contributed by atoms with Crippen LogP contribution >= 0.6 is 0 Å². The molecule has 0 spiro atoms. The molecule has 1 aromatic rings. The lowest BCUT2D eigenvalue weighted by molar-refractivity contribution is 0.0905. The summed E-state index contributed by atoms with van der Waals surface area (Å²) in [5.74, 6) is -4.32. The normalized spacial score (nSPS) is 17.5. The molecule has 3 N–H and O–H groups in total. The zero-order chi connectivity index (χ0) is 15.5. The molecule has 1 aliphatic carbocycles. The van der Waals surface area contributed by atoms with Gasteiger partial charge in [0.2, 0.25) is 0 Å². The van der Waals surface area contributed by atoms with Gasteiger partial charge in [-0.3, -0.25) is 4.79 Å². The molecule has 21 heavy (non-hydrogen) atoms. The van der Waals surface area contributed by atoms with Crippen molar-refractivity contribution in [3.8, 4) is 0 Å². The molecule has 1 aromatic carbocycles. The topological polar surface area (TPSA) is 55.1 Å². The van der Waals surface area contributed by atoms with Crippen LogP contribution < -0.4 is 11.1 Å². The first-order valence-electron chi connectivity index (χ1n) is 7.10. The third-order valence-electron chi connectivity index (χ3n) is 4.21. The molecule has 0 saturated heterocycles. The number of nitrogens with two attached hydrogens (primary N) is 1. The second-order valence-corrected chi connectivity index (χ2v) is 5.69. The lowest BCUT2D eigenvalue weighted by Gasteiger charge is -2.36. The van der Waals surface area contributed by atoms with E-state index >= 15 is 0 Å². The van der Waals surface area contributed by atoms with Crippen LogP contribution in [-0.2, 0) is 0 Å². The smallest absolute Gasteiger partial charge is 0.257 e. The Bertz CT molecular complexity index is 505. The summed E-state index contributed by atoms with van der Waals surface area (Å²) in [6.45, 7) is 0.695. The maximum Gasteiger partial charge on any atom is 0.257 e. The van der Waals surface area contributed by atoms with Gasteiger partial charge >= 0.3 is 0 Å². The van der Waals surface area contributed by atoms with Gasteiger partial charge in [-0.25, -0.2) is 13.2 Å². The maximum atomic E-state index is 13.5. The standard InChI is InChI=1S/C15H19F3N2O/c16-10-6-11(17)13(12(18)7-10)14(21)20-9-15(8-19)4-2-1-3-5-15/h6-7H,1-5,8-9,19H2,(H,20,21). The third kappa shape index (κ3) is 3.56. The number of amides is 1. The molecule has 3 nitrogen and oxygen atoms in total. The number of hydrogen-bond donors (Lipinski definition) is 2. The van der Waals surface area contributed by atoms with E-state index in [0.29, 0.717) is 18.7 Å². The van der Waals surface area contributed by atoms with Crippen molar-refractivity contribution in [1.82, 2.24) is 5.32 Å². The number of carbonyl (C=O) groups excluding carboxylic acids is 1. The van der Waals surface area contributed by atoms with Crippen molar-refractivity contribution in [1.29, 1.82) is 0 Å². The fraction of sp³-hybridized carbons (Fsp3) is 0.533. The van der Waals surface area contributed by atoms with Crippen LogP contribution in [0.5, 0.6) is 0 Å². The summed E-state index contributed by atoms with van der Waals surface area (Å²) in [6.07, 6.45) is 4.98. The minimum absolute atomic E-state index is 0.207. The molecule has 0 radical (unpaired) electrons. The van der Waals surface area contributed by atoms with Crippen LogP contribution in [-0.4, -0.2) is 19.0 Å². The Labute approximate surface area is 121 Å². The number of benzene rings is 1. The van der Waals surface area contributed by atoms with Crippen LogP contribution in [0.25, 0.3) is 0 Å². The molecule has 0 atom stereocenters. The highest BCUT2D eigenvalue weighted by Crippen LogP contribution is 2.34. The molecule has 0 aliphatic heterocycles. The van der Waals surface area contributed by atoms with Gasteiger partial charge in [0.15, 0.2) is 0 Å². The quantitative estimate of drug-likeness (QED) is 0.898. The first-order valence-corrected chi connectivity index (χ1v) is 7.10. The zero-order valence-corrected chi connectivity index (χ0v) is 11.7. The summed E-state index contributed by atoms with van der Waals surface area (Å²) < 4.78 is 39.9. The van der Waals surface area contributed by atoms with E-state index in [4.69, 9.17) is 5.73 Å². The number of hydrogen-bond acceptors (Lipinski definition) is 2. The van der Waals surface area contributed by atoms with Crippen LogP contribution in [0, 0.1) is 22.9 Å². The highest BCUT2D eigenvalue weighted by Gasteiger charge is 2.31. The first-order chi connectivity index (χ1) is 9.97. The van der Waals surface area contributed by atoms with Crippen molar-refractivity contribution in [2.24, 2.45) is 11.1 Å². The molecule has 1 fully saturated rings. The predicted octanol–water partition coefficient (Wildman–Crippen LogP) is 2.74. The average molecular weight is 300 g/mol. The highest BCUT2D eigenvalue weighted by molar-refractivity contribution is 5.94. The Balaban J connectivity index is 2.08. The molecule has 6 heteroatoms. The van der Waals surface area contributed by atoms with Gasteiger partial charge in [-0.05, 0) is 24.8 Å². The van der Waals surface area contributed by atoms with Gasteiger partial charge in [0.05, 0.1) is 0 Å². The average Bonchev–Trinajstić information content (AvgIpc) is 2.45. The molecular formula is C15H19F3N2O. The second-order valence-electron chi connectivity index (χ2n) is 5.69. The maximum absolute atomic E-state index is 13.5. The zero-order valence-electron chi connectivity index (χ0n) is 11.7. The SMILES string of the molecule is NCC1(CNC(=O)c2c(F)cc(F)cc2F)CCCCC1. The van der Waals surface area contributed by atoms with Crippen LogP contribution in [0.3, 0.4) is 0 Å². The number of nitrogens with one attached hydrogen (secondary N) is 1. The minimum atomic E-state index is -1.20. The van der Waals surface area contributed by atoms with Crippen LogP contribution in [0.1, 0.15) is 42.5 Å². The summed E-state index contributed by atoms with van der Waals surface area (Å²) >= 11 is 0. The lowest BCUT2D eigenvalue weighted by atomic mass is 9.74. The largest absolute Gasteiger partial charge is 0.351 e. The van der Waals surface area contributed by atoms with Crippen molar-refractivity contribution in [2.45, 2.75) is 32.1 Å². The van der Waals surface area contributed by atoms with E-state index in [0.717, 1.165) is 32.1 Å². The monoisotopic (exact) mass is 300 g/mol. The second kappa shape index (κ2) is 6.47. The van der Waals surface area contributed by atoms with Crippen LogP contribution in [0.2, 0.25) is 0 Å². The molecule has 0 aromatic heterocycles. The summed E-state index contributed by atoms with van der Waals surface area (Å²) in [4.78, 5) is 11.9. The summed E-state index contributed by atoms with van der Waals surface area (Å²) in [6, 6.07) is 0.995. The molecule has 0 unspecified atom stereocenters. The molecule has 0 heterocycles. The first kappa shape index (κ1) is 15.8. The van der Waals surface area contributed by atoms with Crippen molar-refractivity contribution in [3.63, 3.8) is 0 Å². The Morgan fingerprint density at radius 3 is 2.24 bits per heavy atom. The molecule has 2 rings (SSSR count). The van der Waals surface area contributed by atoms with Gasteiger partial charge in [-0.2, -0.15) is 0 Å². The van der Waals surface area contributed by atoms with E-state index in [1.54, 1.807) is 0 Å². The molecular weight excluding hydrogens is 281 g/mol. The number of carbonyl (C=O) groups is 1. The number of halogens is 3. The third-order valence-corrected chi connectivity index (χ3v) is 4.21. The van der Waals surface area contributed by atoms with Gasteiger partial charge < -0.3 is 11.1 Å².